The van der Waals surface area contributed by atoms with Crippen LogP contribution in [0.5, 0.6) is 11.5 Å². The highest BCUT2D eigenvalue weighted by Gasteiger charge is 2.12. The summed E-state index contributed by atoms with van der Waals surface area (Å²) in [5.74, 6) is 0.431. The number of nitrogens with two attached hydrogens (primary N) is 1. The molecule has 3 aromatic rings. The number of hydrogen-bond donors (Lipinski definition) is 3. The number of amides is 2. The van der Waals surface area contributed by atoms with Gasteiger partial charge in [0.15, 0.2) is 16.6 Å². The molecule has 0 saturated heterocycles. The molecule has 0 aliphatic carbocycles. The third-order valence-electron chi connectivity index (χ3n) is 3.81. The largest absolute Gasteiger partial charge is 0.493 e. The van der Waals surface area contributed by atoms with Crippen molar-refractivity contribution in [2.45, 2.75) is 6.42 Å². The van der Waals surface area contributed by atoms with Gasteiger partial charge in [0.25, 0.3) is 5.91 Å². The number of hydrogen-bond acceptors (Lipinski definition) is 6. The minimum Gasteiger partial charge on any atom is -0.493 e. The number of aromatic nitrogens is 2. The van der Waals surface area contributed by atoms with Gasteiger partial charge in [0.1, 0.15) is 5.69 Å². The van der Waals surface area contributed by atoms with Crippen molar-refractivity contribution in [3.8, 4) is 22.8 Å². The summed E-state index contributed by atoms with van der Waals surface area (Å²) < 4.78 is 10.4. The van der Waals surface area contributed by atoms with E-state index in [1.807, 2.05) is 0 Å². The first kappa shape index (κ1) is 18.5. The van der Waals surface area contributed by atoms with E-state index in [0.29, 0.717) is 28.0 Å². The summed E-state index contributed by atoms with van der Waals surface area (Å²) in [6, 6.07) is 6.94. The van der Waals surface area contributed by atoms with Crippen LogP contribution in [0.2, 0.25) is 0 Å². The first-order valence-electron chi connectivity index (χ1n) is 7.95. The van der Waals surface area contributed by atoms with Gasteiger partial charge in [-0.2, -0.15) is 0 Å². The number of primary amides is 1. The van der Waals surface area contributed by atoms with Crippen LogP contribution < -0.4 is 20.5 Å². The average molecular weight is 386 g/mol. The second-order valence-corrected chi connectivity index (χ2v) is 6.48. The number of methoxy groups -OCH3 is 2. The zero-order valence-corrected chi connectivity index (χ0v) is 15.6. The van der Waals surface area contributed by atoms with Crippen molar-refractivity contribution in [1.82, 2.24) is 9.97 Å². The Balaban J connectivity index is 1.66. The lowest BCUT2D eigenvalue weighted by Crippen LogP contribution is -2.14. The summed E-state index contributed by atoms with van der Waals surface area (Å²) in [5.41, 5.74) is 7.69. The fraction of sp³-hybridized carbons (Fsp3) is 0.167. The number of thiazole rings is 1. The maximum absolute atomic E-state index is 12.3. The molecule has 140 valence electrons. The number of aromatic amines is 1. The molecular formula is C18H18N4O4S. The molecule has 0 radical (unpaired) electrons. The molecule has 2 amide bonds. The van der Waals surface area contributed by atoms with Crippen molar-refractivity contribution < 1.29 is 19.1 Å². The van der Waals surface area contributed by atoms with Gasteiger partial charge < -0.3 is 25.5 Å². The van der Waals surface area contributed by atoms with Gasteiger partial charge in [-0.3, -0.25) is 9.59 Å². The van der Waals surface area contributed by atoms with Crippen LogP contribution in [0, 0.1) is 0 Å². The summed E-state index contributed by atoms with van der Waals surface area (Å²) in [6.07, 6.45) is 1.82. The van der Waals surface area contributed by atoms with E-state index in [1.54, 1.807) is 50.1 Å². The fourth-order valence-electron chi connectivity index (χ4n) is 2.49. The Kier molecular flexibility index (Phi) is 5.41. The first-order valence-corrected chi connectivity index (χ1v) is 8.83. The van der Waals surface area contributed by atoms with Crippen molar-refractivity contribution in [3.63, 3.8) is 0 Å². The van der Waals surface area contributed by atoms with Gasteiger partial charge in [-0.1, -0.05) is 6.07 Å². The molecule has 0 saturated carbocycles. The van der Waals surface area contributed by atoms with E-state index in [1.165, 1.54) is 11.3 Å². The van der Waals surface area contributed by atoms with Crippen molar-refractivity contribution >= 4 is 28.3 Å². The third kappa shape index (κ3) is 4.26. The number of carbonyl (C=O) groups excluding carboxylic acids is 2. The number of nitrogens with zero attached hydrogens (tertiary/aromatic N) is 1. The molecule has 2 heterocycles. The van der Waals surface area contributed by atoms with Gasteiger partial charge >= 0.3 is 0 Å². The molecule has 8 nitrogen and oxygen atoms in total. The van der Waals surface area contributed by atoms with Crippen LogP contribution in [0.1, 0.15) is 16.1 Å². The highest BCUT2D eigenvalue weighted by atomic mass is 32.1. The van der Waals surface area contributed by atoms with Gasteiger partial charge in [0.05, 0.1) is 26.3 Å². The quantitative estimate of drug-likeness (QED) is 0.576. The van der Waals surface area contributed by atoms with Crippen molar-refractivity contribution in [3.05, 3.63) is 47.1 Å². The van der Waals surface area contributed by atoms with Crippen LogP contribution in [0.25, 0.3) is 11.3 Å². The predicted molar refractivity (Wildman–Crippen MR) is 102 cm³/mol. The van der Waals surface area contributed by atoms with Gasteiger partial charge in [0.2, 0.25) is 5.91 Å². The van der Waals surface area contributed by atoms with Gasteiger partial charge in [-0.05, 0) is 23.8 Å². The Hall–Kier alpha value is -3.33. The number of carbonyl (C=O) groups is 2. The van der Waals surface area contributed by atoms with E-state index in [-0.39, 0.29) is 12.3 Å². The second kappa shape index (κ2) is 7.92. The van der Waals surface area contributed by atoms with Gasteiger partial charge in [0, 0.05) is 17.1 Å². The van der Waals surface area contributed by atoms with Gasteiger partial charge in [-0.25, -0.2) is 4.98 Å². The number of anilines is 1. The second-order valence-electron chi connectivity index (χ2n) is 5.62. The standard InChI is InChI=1S/C18H18N4O4S/c1-25-14-4-3-10(5-15(14)26-2)6-16(23)22-18-21-13(9-27-18)11-7-12(17(19)24)20-8-11/h3-5,7-9,20H,6H2,1-2H3,(H2,19,24)(H,21,22,23). The number of rotatable bonds is 7. The van der Waals surface area contributed by atoms with E-state index in [0.717, 1.165) is 11.1 Å². The highest BCUT2D eigenvalue weighted by Crippen LogP contribution is 2.28. The smallest absolute Gasteiger partial charge is 0.265 e. The lowest BCUT2D eigenvalue weighted by atomic mass is 10.1. The lowest BCUT2D eigenvalue weighted by molar-refractivity contribution is -0.115. The molecule has 2 aromatic heterocycles. The van der Waals surface area contributed by atoms with Crippen LogP contribution in [0.15, 0.2) is 35.8 Å². The Morgan fingerprint density at radius 2 is 2.00 bits per heavy atom. The zero-order chi connectivity index (χ0) is 19.4. The molecule has 9 heteroatoms. The molecule has 0 aliphatic rings. The maximum atomic E-state index is 12.3. The molecule has 0 spiro atoms. The zero-order valence-electron chi connectivity index (χ0n) is 14.7. The number of nitrogens with one attached hydrogen (secondary N) is 2. The minimum absolute atomic E-state index is 0.172. The SMILES string of the molecule is COc1ccc(CC(=O)Nc2nc(-c3c[nH]c(C(N)=O)c3)cs2)cc1OC. The van der Waals surface area contributed by atoms with E-state index in [2.05, 4.69) is 15.3 Å². The van der Waals surface area contributed by atoms with Crippen LogP contribution in [-0.2, 0) is 11.2 Å². The summed E-state index contributed by atoms with van der Waals surface area (Å²) in [6.45, 7) is 0. The number of benzene rings is 1. The van der Waals surface area contributed by atoms with Crippen molar-refractivity contribution in [1.29, 1.82) is 0 Å². The Morgan fingerprint density at radius 3 is 2.67 bits per heavy atom. The third-order valence-corrected chi connectivity index (χ3v) is 4.57. The van der Waals surface area contributed by atoms with Gasteiger partial charge in [-0.15, -0.1) is 11.3 Å². The molecular weight excluding hydrogens is 368 g/mol. The monoisotopic (exact) mass is 386 g/mol. The first-order chi connectivity index (χ1) is 13.0. The molecule has 1 aromatic carbocycles. The lowest BCUT2D eigenvalue weighted by Gasteiger charge is -2.09. The van der Waals surface area contributed by atoms with E-state index in [4.69, 9.17) is 15.2 Å². The van der Waals surface area contributed by atoms with E-state index < -0.39 is 5.91 Å². The van der Waals surface area contributed by atoms with Crippen LogP contribution in [-0.4, -0.2) is 36.0 Å². The van der Waals surface area contributed by atoms with Crippen LogP contribution in [0.3, 0.4) is 0 Å². The predicted octanol–water partition coefficient (Wildman–Crippen LogP) is 2.44. The molecule has 0 atom stereocenters. The molecule has 0 aliphatic heterocycles. The topological polar surface area (TPSA) is 119 Å². The Labute approximate surface area is 159 Å². The molecule has 27 heavy (non-hydrogen) atoms. The van der Waals surface area contributed by atoms with E-state index in [9.17, 15) is 9.59 Å². The molecule has 0 unspecified atom stereocenters. The highest BCUT2D eigenvalue weighted by molar-refractivity contribution is 7.14. The summed E-state index contributed by atoms with van der Waals surface area (Å²) in [7, 11) is 3.10. The Morgan fingerprint density at radius 1 is 1.22 bits per heavy atom. The molecule has 4 N–H and O–H groups in total. The normalized spacial score (nSPS) is 10.4. The molecule has 0 fully saturated rings. The fourth-order valence-corrected chi connectivity index (χ4v) is 3.22. The van der Waals surface area contributed by atoms with Crippen molar-refractivity contribution in [2.75, 3.05) is 19.5 Å². The summed E-state index contributed by atoms with van der Waals surface area (Å²) in [4.78, 5) is 30.6. The summed E-state index contributed by atoms with van der Waals surface area (Å²) in [5, 5.41) is 5.03. The molecule has 3 rings (SSSR count). The minimum atomic E-state index is -0.542. The average Bonchev–Trinajstić information content (AvgIpc) is 3.30. The summed E-state index contributed by atoms with van der Waals surface area (Å²) >= 11 is 1.30. The van der Waals surface area contributed by atoms with E-state index >= 15 is 0 Å². The van der Waals surface area contributed by atoms with Crippen LogP contribution >= 0.6 is 11.3 Å². The maximum Gasteiger partial charge on any atom is 0.265 e. The number of H-pyrrole nitrogens is 1. The molecule has 0 bridgehead atoms. The number of ether oxygens (including phenoxy) is 2. The van der Waals surface area contributed by atoms with Crippen LogP contribution in [0.4, 0.5) is 5.13 Å². The van der Waals surface area contributed by atoms with Crippen molar-refractivity contribution in [2.24, 2.45) is 5.73 Å². The Bertz CT molecular complexity index is 979.